The largest absolute Gasteiger partial charge is 0.353 e. The van der Waals surface area contributed by atoms with Gasteiger partial charge in [-0.3, -0.25) is 4.79 Å². The smallest absolute Gasteiger partial charge is 0.224 e. The first-order valence-electron chi connectivity index (χ1n) is 7.33. The summed E-state index contributed by atoms with van der Waals surface area (Å²) in [6.07, 6.45) is 2.03. The van der Waals surface area contributed by atoms with Crippen molar-refractivity contribution < 1.29 is 13.2 Å². The van der Waals surface area contributed by atoms with Crippen LogP contribution in [0.5, 0.6) is 0 Å². The monoisotopic (exact) mass is 305 g/mol. The van der Waals surface area contributed by atoms with E-state index in [0.29, 0.717) is 38.9 Å². The van der Waals surface area contributed by atoms with Crippen molar-refractivity contribution >= 4 is 15.9 Å². The number of rotatable bonds is 7. The van der Waals surface area contributed by atoms with Gasteiger partial charge in [-0.25, -0.2) is 12.7 Å². The van der Waals surface area contributed by atoms with E-state index in [2.05, 4.69) is 10.6 Å². The standard InChI is InChI=1S/C13H27N3O3S/c1-4-9-20(18,19)16-7-5-12(6-8-16)15-13(17)11(2)10-14-3/h11-12,14H,4-10H2,1-3H3,(H,15,17). The molecule has 118 valence electrons. The molecule has 0 aromatic carbocycles. The van der Waals surface area contributed by atoms with Gasteiger partial charge in [0.25, 0.3) is 0 Å². The van der Waals surface area contributed by atoms with E-state index in [0.717, 1.165) is 0 Å². The quantitative estimate of drug-likeness (QED) is 0.702. The summed E-state index contributed by atoms with van der Waals surface area (Å²) >= 11 is 0. The number of carbonyl (C=O) groups is 1. The van der Waals surface area contributed by atoms with Crippen LogP contribution in [0, 0.1) is 5.92 Å². The van der Waals surface area contributed by atoms with Crippen LogP contribution < -0.4 is 10.6 Å². The first-order chi connectivity index (χ1) is 9.40. The van der Waals surface area contributed by atoms with E-state index >= 15 is 0 Å². The lowest BCUT2D eigenvalue weighted by Gasteiger charge is -2.32. The molecule has 0 saturated carbocycles. The van der Waals surface area contributed by atoms with Crippen LogP contribution in [0.2, 0.25) is 0 Å². The zero-order valence-corrected chi connectivity index (χ0v) is 13.5. The fourth-order valence-corrected chi connectivity index (χ4v) is 3.95. The first-order valence-corrected chi connectivity index (χ1v) is 8.94. The lowest BCUT2D eigenvalue weighted by atomic mass is 10.0. The number of nitrogens with one attached hydrogen (secondary N) is 2. The molecule has 1 amide bonds. The van der Waals surface area contributed by atoms with Gasteiger partial charge in [-0.15, -0.1) is 0 Å². The van der Waals surface area contributed by atoms with Crippen molar-refractivity contribution in [3.05, 3.63) is 0 Å². The molecule has 0 bridgehead atoms. The second-order valence-corrected chi connectivity index (χ2v) is 7.55. The summed E-state index contributed by atoms with van der Waals surface area (Å²) < 4.78 is 25.4. The number of sulfonamides is 1. The predicted octanol–water partition coefficient (Wildman–Crippen LogP) is 0.162. The summed E-state index contributed by atoms with van der Waals surface area (Å²) in [4.78, 5) is 11.9. The molecule has 0 aliphatic carbocycles. The van der Waals surface area contributed by atoms with Crippen molar-refractivity contribution in [1.29, 1.82) is 0 Å². The highest BCUT2D eigenvalue weighted by atomic mass is 32.2. The fourth-order valence-electron chi connectivity index (χ4n) is 2.41. The molecule has 2 N–H and O–H groups in total. The SMILES string of the molecule is CCCS(=O)(=O)N1CCC(NC(=O)C(C)CNC)CC1. The lowest BCUT2D eigenvalue weighted by molar-refractivity contribution is -0.125. The van der Waals surface area contributed by atoms with E-state index in [-0.39, 0.29) is 23.6 Å². The highest BCUT2D eigenvalue weighted by molar-refractivity contribution is 7.89. The Morgan fingerprint density at radius 2 is 1.95 bits per heavy atom. The third-order valence-electron chi connectivity index (χ3n) is 3.61. The third kappa shape index (κ3) is 5.03. The molecular formula is C13H27N3O3S. The van der Waals surface area contributed by atoms with Gasteiger partial charge >= 0.3 is 0 Å². The minimum absolute atomic E-state index is 0.0363. The van der Waals surface area contributed by atoms with Crippen LogP contribution in [0.25, 0.3) is 0 Å². The number of carbonyl (C=O) groups excluding carboxylic acids is 1. The number of hydrogen-bond acceptors (Lipinski definition) is 4. The highest BCUT2D eigenvalue weighted by Crippen LogP contribution is 2.15. The van der Waals surface area contributed by atoms with Gasteiger partial charge in [-0.05, 0) is 26.3 Å². The molecule has 1 unspecified atom stereocenters. The predicted molar refractivity (Wildman–Crippen MR) is 79.9 cm³/mol. The molecular weight excluding hydrogens is 278 g/mol. The van der Waals surface area contributed by atoms with Crippen molar-refractivity contribution in [3.63, 3.8) is 0 Å². The van der Waals surface area contributed by atoms with E-state index in [9.17, 15) is 13.2 Å². The molecule has 0 aromatic rings. The average molecular weight is 305 g/mol. The van der Waals surface area contributed by atoms with E-state index in [4.69, 9.17) is 0 Å². The molecule has 0 aromatic heterocycles. The zero-order valence-electron chi connectivity index (χ0n) is 12.7. The Kier molecular flexibility index (Phi) is 6.91. The summed E-state index contributed by atoms with van der Waals surface area (Å²) in [5, 5.41) is 5.99. The maximum Gasteiger partial charge on any atom is 0.224 e. The molecule has 1 heterocycles. The van der Waals surface area contributed by atoms with Crippen LogP contribution >= 0.6 is 0 Å². The molecule has 1 rings (SSSR count). The minimum atomic E-state index is -3.10. The van der Waals surface area contributed by atoms with Gasteiger partial charge in [-0.1, -0.05) is 13.8 Å². The number of hydrogen-bond donors (Lipinski definition) is 2. The molecule has 20 heavy (non-hydrogen) atoms. The number of amides is 1. The summed E-state index contributed by atoms with van der Waals surface area (Å²) in [5.74, 6) is 0.180. The molecule has 1 saturated heterocycles. The summed E-state index contributed by atoms with van der Waals surface area (Å²) in [7, 11) is -1.28. The summed E-state index contributed by atoms with van der Waals surface area (Å²) in [6.45, 7) is 5.41. The molecule has 1 atom stereocenters. The number of piperidine rings is 1. The zero-order chi connectivity index (χ0) is 15.2. The van der Waals surface area contributed by atoms with Crippen LogP contribution in [0.15, 0.2) is 0 Å². The van der Waals surface area contributed by atoms with E-state index in [1.807, 2.05) is 20.9 Å². The van der Waals surface area contributed by atoms with Gasteiger partial charge in [0.05, 0.1) is 5.75 Å². The Balaban J connectivity index is 2.41. The van der Waals surface area contributed by atoms with Gasteiger partial charge in [-0.2, -0.15) is 0 Å². The first kappa shape index (κ1) is 17.4. The van der Waals surface area contributed by atoms with Crippen molar-refractivity contribution in [2.75, 3.05) is 32.4 Å². The van der Waals surface area contributed by atoms with Crippen molar-refractivity contribution in [2.24, 2.45) is 5.92 Å². The fraction of sp³-hybridized carbons (Fsp3) is 0.923. The molecule has 1 fully saturated rings. The van der Waals surface area contributed by atoms with Crippen LogP contribution in [0.4, 0.5) is 0 Å². The van der Waals surface area contributed by atoms with E-state index in [1.54, 1.807) is 4.31 Å². The molecule has 0 spiro atoms. The van der Waals surface area contributed by atoms with Gasteiger partial charge in [0.2, 0.25) is 15.9 Å². The van der Waals surface area contributed by atoms with Crippen LogP contribution in [-0.2, 0) is 14.8 Å². The Bertz CT molecular complexity index is 403. The van der Waals surface area contributed by atoms with Gasteiger partial charge in [0.1, 0.15) is 0 Å². The van der Waals surface area contributed by atoms with Crippen molar-refractivity contribution in [3.8, 4) is 0 Å². The Morgan fingerprint density at radius 3 is 2.45 bits per heavy atom. The van der Waals surface area contributed by atoms with Crippen LogP contribution in [0.3, 0.4) is 0 Å². The summed E-state index contributed by atoms with van der Waals surface area (Å²) in [6, 6.07) is 0.0925. The lowest BCUT2D eigenvalue weighted by Crippen LogP contribution is -2.48. The minimum Gasteiger partial charge on any atom is -0.353 e. The van der Waals surface area contributed by atoms with E-state index in [1.165, 1.54) is 0 Å². The number of nitrogens with zero attached hydrogens (tertiary/aromatic N) is 1. The Hall–Kier alpha value is -0.660. The van der Waals surface area contributed by atoms with Gasteiger partial charge in [0.15, 0.2) is 0 Å². The third-order valence-corrected chi connectivity index (χ3v) is 5.69. The Morgan fingerprint density at radius 1 is 1.35 bits per heavy atom. The van der Waals surface area contributed by atoms with E-state index < -0.39 is 10.0 Å². The maximum atomic E-state index is 11.9. The molecule has 1 aliphatic heterocycles. The molecule has 6 nitrogen and oxygen atoms in total. The topological polar surface area (TPSA) is 78.5 Å². The molecule has 7 heteroatoms. The van der Waals surface area contributed by atoms with Crippen molar-refractivity contribution in [2.45, 2.75) is 39.2 Å². The second kappa shape index (κ2) is 7.95. The normalized spacial score (nSPS) is 19.8. The molecule has 1 aliphatic rings. The highest BCUT2D eigenvalue weighted by Gasteiger charge is 2.28. The van der Waals surface area contributed by atoms with Crippen LogP contribution in [-0.4, -0.2) is 57.1 Å². The second-order valence-electron chi connectivity index (χ2n) is 5.46. The van der Waals surface area contributed by atoms with Crippen LogP contribution in [0.1, 0.15) is 33.1 Å². The maximum absolute atomic E-state index is 11.9. The Labute approximate surface area is 122 Å². The van der Waals surface area contributed by atoms with Gasteiger partial charge < -0.3 is 10.6 Å². The van der Waals surface area contributed by atoms with Gasteiger partial charge in [0, 0.05) is 31.6 Å². The molecule has 0 radical (unpaired) electrons. The average Bonchev–Trinajstić information content (AvgIpc) is 2.39. The van der Waals surface area contributed by atoms with Crippen molar-refractivity contribution in [1.82, 2.24) is 14.9 Å². The summed E-state index contributed by atoms with van der Waals surface area (Å²) in [5.41, 5.74) is 0.